The van der Waals surface area contributed by atoms with Gasteiger partial charge in [-0.05, 0) is 13.3 Å². The molecule has 0 aromatic rings. The molecule has 1 amide bonds. The molecular formula is C12H26N2O2. The second kappa shape index (κ2) is 10.9. The third-order valence-corrected chi connectivity index (χ3v) is 2.47. The topological polar surface area (TPSA) is 64.3 Å². The van der Waals surface area contributed by atoms with Crippen molar-refractivity contribution in [1.82, 2.24) is 5.32 Å². The molecule has 1 atom stereocenters. The van der Waals surface area contributed by atoms with Crippen LogP contribution < -0.4 is 11.1 Å². The molecule has 0 fully saturated rings. The van der Waals surface area contributed by atoms with Crippen molar-refractivity contribution in [2.24, 2.45) is 5.73 Å². The maximum atomic E-state index is 10.4. The summed E-state index contributed by atoms with van der Waals surface area (Å²) in [5, 5.41) is 3.36. The molecule has 0 aliphatic rings. The Labute approximate surface area is 98.9 Å². The molecule has 16 heavy (non-hydrogen) atoms. The van der Waals surface area contributed by atoms with E-state index in [9.17, 15) is 4.79 Å². The molecule has 0 aromatic heterocycles. The van der Waals surface area contributed by atoms with Crippen molar-refractivity contribution in [2.45, 2.75) is 52.0 Å². The number of hydrogen-bond donors (Lipinski definition) is 2. The summed E-state index contributed by atoms with van der Waals surface area (Å²) in [6, 6.07) is 0.522. The van der Waals surface area contributed by atoms with E-state index < -0.39 is 5.91 Å². The maximum absolute atomic E-state index is 10.4. The highest BCUT2D eigenvalue weighted by molar-refractivity contribution is 5.74. The fraction of sp³-hybridized carbons (Fsp3) is 0.917. The van der Waals surface area contributed by atoms with Crippen LogP contribution in [0.4, 0.5) is 0 Å². The average molecular weight is 230 g/mol. The van der Waals surface area contributed by atoms with E-state index >= 15 is 0 Å². The van der Waals surface area contributed by atoms with Crippen LogP contribution >= 0.6 is 0 Å². The van der Waals surface area contributed by atoms with E-state index in [1.54, 1.807) is 0 Å². The lowest BCUT2D eigenvalue weighted by atomic mass is 10.1. The molecule has 0 saturated heterocycles. The van der Waals surface area contributed by atoms with Crippen molar-refractivity contribution >= 4 is 5.91 Å². The van der Waals surface area contributed by atoms with E-state index in [1.807, 2.05) is 0 Å². The van der Waals surface area contributed by atoms with E-state index in [2.05, 4.69) is 19.2 Å². The van der Waals surface area contributed by atoms with Crippen molar-refractivity contribution in [3.05, 3.63) is 0 Å². The van der Waals surface area contributed by atoms with Crippen LogP contribution in [0.2, 0.25) is 0 Å². The third kappa shape index (κ3) is 11.5. The largest absolute Gasteiger partial charge is 0.370 e. The first-order valence-corrected chi connectivity index (χ1v) is 6.26. The lowest BCUT2D eigenvalue weighted by Crippen LogP contribution is -2.30. The van der Waals surface area contributed by atoms with Gasteiger partial charge in [-0.2, -0.15) is 0 Å². The number of carbonyl (C=O) groups is 1. The maximum Gasteiger partial charge on any atom is 0.243 e. The highest BCUT2D eigenvalue weighted by Crippen LogP contribution is 2.04. The van der Waals surface area contributed by atoms with Crippen LogP contribution in [-0.4, -0.2) is 31.7 Å². The first-order chi connectivity index (χ1) is 7.66. The molecule has 0 bridgehead atoms. The molecule has 0 radical (unpaired) electrons. The van der Waals surface area contributed by atoms with Gasteiger partial charge in [0.15, 0.2) is 0 Å². The Bertz CT molecular complexity index is 174. The minimum Gasteiger partial charge on any atom is -0.370 e. The van der Waals surface area contributed by atoms with Crippen LogP contribution in [0.5, 0.6) is 0 Å². The average Bonchev–Trinajstić information content (AvgIpc) is 2.23. The predicted octanol–water partition coefficient (Wildman–Crippen LogP) is 1.44. The summed E-state index contributed by atoms with van der Waals surface area (Å²) < 4.78 is 5.05. The zero-order valence-electron chi connectivity index (χ0n) is 10.6. The summed E-state index contributed by atoms with van der Waals surface area (Å²) in [5.74, 6) is -0.410. The van der Waals surface area contributed by atoms with Gasteiger partial charge in [0.2, 0.25) is 5.91 Å². The number of amides is 1. The van der Waals surface area contributed by atoms with Crippen LogP contribution in [0.1, 0.15) is 46.0 Å². The molecule has 0 rings (SSSR count). The second-order valence-electron chi connectivity index (χ2n) is 4.22. The normalized spacial score (nSPS) is 12.6. The van der Waals surface area contributed by atoms with Crippen LogP contribution in [0, 0.1) is 0 Å². The molecule has 0 spiro atoms. The van der Waals surface area contributed by atoms with Crippen molar-refractivity contribution in [2.75, 3.05) is 19.8 Å². The molecule has 96 valence electrons. The van der Waals surface area contributed by atoms with E-state index in [4.69, 9.17) is 10.5 Å². The van der Waals surface area contributed by atoms with Gasteiger partial charge < -0.3 is 15.8 Å². The molecule has 0 aromatic carbocycles. The summed E-state index contributed by atoms with van der Waals surface area (Å²) in [4.78, 5) is 10.4. The Morgan fingerprint density at radius 1 is 1.38 bits per heavy atom. The summed E-state index contributed by atoms with van der Waals surface area (Å²) >= 11 is 0. The van der Waals surface area contributed by atoms with Gasteiger partial charge in [0, 0.05) is 12.6 Å². The van der Waals surface area contributed by atoms with E-state index in [0.29, 0.717) is 12.6 Å². The Balaban J connectivity index is 3.17. The molecule has 0 aliphatic heterocycles. The van der Waals surface area contributed by atoms with Crippen molar-refractivity contribution < 1.29 is 9.53 Å². The number of unbranched alkanes of at least 4 members (excludes halogenated alkanes) is 3. The molecule has 3 N–H and O–H groups in total. The highest BCUT2D eigenvalue weighted by atomic mass is 16.5. The SMILES string of the molecule is CCCCCCC(C)NCCOCC(N)=O. The summed E-state index contributed by atoms with van der Waals surface area (Å²) in [7, 11) is 0. The first kappa shape index (κ1) is 15.4. The van der Waals surface area contributed by atoms with E-state index in [-0.39, 0.29) is 6.61 Å². The summed E-state index contributed by atoms with van der Waals surface area (Å²) in [5.41, 5.74) is 4.94. The van der Waals surface area contributed by atoms with Crippen LogP contribution in [0.25, 0.3) is 0 Å². The molecule has 0 aliphatic carbocycles. The predicted molar refractivity (Wildman–Crippen MR) is 66.2 cm³/mol. The van der Waals surface area contributed by atoms with Gasteiger partial charge >= 0.3 is 0 Å². The molecule has 4 heteroatoms. The van der Waals surface area contributed by atoms with Gasteiger partial charge in [0.1, 0.15) is 6.61 Å². The first-order valence-electron chi connectivity index (χ1n) is 6.26. The van der Waals surface area contributed by atoms with Crippen molar-refractivity contribution in [3.8, 4) is 0 Å². The smallest absolute Gasteiger partial charge is 0.243 e. The fourth-order valence-corrected chi connectivity index (χ4v) is 1.53. The zero-order valence-corrected chi connectivity index (χ0v) is 10.6. The van der Waals surface area contributed by atoms with Gasteiger partial charge in [-0.1, -0.05) is 32.6 Å². The number of nitrogens with one attached hydrogen (secondary N) is 1. The Hall–Kier alpha value is -0.610. The van der Waals surface area contributed by atoms with Crippen LogP contribution in [0.15, 0.2) is 0 Å². The van der Waals surface area contributed by atoms with Crippen LogP contribution in [-0.2, 0) is 9.53 Å². The number of rotatable bonds is 11. The number of nitrogens with two attached hydrogens (primary N) is 1. The van der Waals surface area contributed by atoms with Crippen LogP contribution in [0.3, 0.4) is 0 Å². The fourth-order valence-electron chi connectivity index (χ4n) is 1.53. The highest BCUT2D eigenvalue weighted by Gasteiger charge is 2.00. The van der Waals surface area contributed by atoms with E-state index in [0.717, 1.165) is 6.54 Å². The standard InChI is InChI=1S/C12H26N2O2/c1-3-4-5-6-7-11(2)14-8-9-16-10-12(13)15/h11,14H,3-10H2,1-2H3,(H2,13,15). The third-order valence-electron chi connectivity index (χ3n) is 2.47. The number of hydrogen-bond acceptors (Lipinski definition) is 3. The summed E-state index contributed by atoms with van der Waals surface area (Å²) in [6.07, 6.45) is 6.41. The van der Waals surface area contributed by atoms with E-state index in [1.165, 1.54) is 32.1 Å². The zero-order chi connectivity index (χ0) is 12.2. The van der Waals surface area contributed by atoms with Crippen molar-refractivity contribution in [3.63, 3.8) is 0 Å². The molecule has 0 heterocycles. The summed E-state index contributed by atoms with van der Waals surface area (Å²) in [6.45, 7) is 5.74. The molecule has 1 unspecified atom stereocenters. The number of carbonyl (C=O) groups excluding carboxylic acids is 1. The van der Waals surface area contributed by atoms with Crippen molar-refractivity contribution in [1.29, 1.82) is 0 Å². The number of ether oxygens (including phenoxy) is 1. The second-order valence-corrected chi connectivity index (χ2v) is 4.22. The molecule has 0 saturated carbocycles. The molecular weight excluding hydrogens is 204 g/mol. The monoisotopic (exact) mass is 230 g/mol. The number of primary amides is 1. The lowest BCUT2D eigenvalue weighted by Gasteiger charge is -2.13. The minimum absolute atomic E-state index is 0.0204. The lowest BCUT2D eigenvalue weighted by molar-refractivity contribution is -0.122. The Morgan fingerprint density at radius 3 is 2.75 bits per heavy atom. The van der Waals surface area contributed by atoms with Gasteiger partial charge in [0.05, 0.1) is 6.61 Å². The Kier molecular flexibility index (Phi) is 10.5. The molecule has 4 nitrogen and oxygen atoms in total. The van der Waals surface area contributed by atoms with Gasteiger partial charge in [-0.25, -0.2) is 0 Å². The minimum atomic E-state index is -0.410. The quantitative estimate of drug-likeness (QED) is 0.528. The van der Waals surface area contributed by atoms with Gasteiger partial charge in [0.25, 0.3) is 0 Å². The van der Waals surface area contributed by atoms with Gasteiger partial charge in [-0.15, -0.1) is 0 Å². The Morgan fingerprint density at radius 2 is 2.12 bits per heavy atom. The van der Waals surface area contributed by atoms with Gasteiger partial charge in [-0.3, -0.25) is 4.79 Å².